The fourth-order valence-electron chi connectivity index (χ4n) is 2.05. The van der Waals surface area contributed by atoms with Gasteiger partial charge in [0.15, 0.2) is 5.82 Å². The van der Waals surface area contributed by atoms with Crippen LogP contribution in [0.2, 0.25) is 0 Å². The third kappa shape index (κ3) is 4.14. The molecule has 0 radical (unpaired) electrons. The number of nitrogens with zero attached hydrogens (tertiary/aromatic N) is 2. The Morgan fingerprint density at radius 3 is 2.95 bits per heavy atom. The van der Waals surface area contributed by atoms with E-state index in [1.165, 1.54) is 5.75 Å². The molecule has 1 aromatic rings. The molecule has 3 atom stereocenters. The Balaban J connectivity index is 1.96. The Bertz CT molecular complexity index is 438. The van der Waals surface area contributed by atoms with Gasteiger partial charge in [-0.1, -0.05) is 19.0 Å². The molecule has 3 unspecified atom stereocenters. The lowest BCUT2D eigenvalue weighted by molar-refractivity contribution is -0.137. The van der Waals surface area contributed by atoms with Gasteiger partial charge in [0.1, 0.15) is 0 Å². The van der Waals surface area contributed by atoms with E-state index in [4.69, 9.17) is 9.63 Å². The number of hydrogen-bond donors (Lipinski definition) is 1. The maximum absolute atomic E-state index is 10.6. The van der Waals surface area contributed by atoms with Crippen LogP contribution >= 0.6 is 23.5 Å². The molecule has 0 spiro atoms. The zero-order valence-electron chi connectivity index (χ0n) is 11.0. The normalized spacial score (nSPS) is 25.2. The lowest BCUT2D eigenvalue weighted by Gasteiger charge is -2.24. The summed E-state index contributed by atoms with van der Waals surface area (Å²) in [5.41, 5.74) is 0. The fourth-order valence-corrected chi connectivity index (χ4v) is 4.73. The van der Waals surface area contributed by atoms with Gasteiger partial charge in [-0.15, -0.1) is 11.8 Å². The van der Waals surface area contributed by atoms with Crippen molar-refractivity contribution in [3.8, 4) is 0 Å². The van der Waals surface area contributed by atoms with E-state index in [2.05, 4.69) is 17.1 Å². The standard InChI is InChI=1S/C12H18N2O3S2/c1-7(6-10(15)16)5-9-13-12(14-17-9)11-8(2)18-3-4-19-11/h7-8,11H,3-6H2,1-2H3,(H,15,16). The summed E-state index contributed by atoms with van der Waals surface area (Å²) in [6.45, 7) is 4.07. The summed E-state index contributed by atoms with van der Waals surface area (Å²) in [4.78, 5) is 15.0. The van der Waals surface area contributed by atoms with Crippen molar-refractivity contribution in [2.45, 2.75) is 37.2 Å². The van der Waals surface area contributed by atoms with Crippen LogP contribution in [0, 0.1) is 5.92 Å². The Labute approximate surface area is 120 Å². The highest BCUT2D eigenvalue weighted by atomic mass is 32.2. The zero-order valence-corrected chi connectivity index (χ0v) is 12.7. The third-order valence-corrected chi connectivity index (χ3v) is 6.06. The summed E-state index contributed by atoms with van der Waals surface area (Å²) in [7, 11) is 0. The van der Waals surface area contributed by atoms with Crippen LogP contribution in [-0.2, 0) is 11.2 Å². The van der Waals surface area contributed by atoms with Crippen LogP contribution in [0.4, 0.5) is 0 Å². The van der Waals surface area contributed by atoms with E-state index in [0.717, 1.165) is 11.6 Å². The summed E-state index contributed by atoms with van der Waals surface area (Å²) in [5, 5.41) is 13.6. The van der Waals surface area contributed by atoms with Crippen LogP contribution in [-0.4, -0.2) is 38.0 Å². The highest BCUT2D eigenvalue weighted by Gasteiger charge is 2.28. The van der Waals surface area contributed by atoms with Gasteiger partial charge >= 0.3 is 5.97 Å². The number of carboxylic acid groups (broad SMARTS) is 1. The smallest absolute Gasteiger partial charge is 0.303 e. The molecule has 0 aliphatic carbocycles. The van der Waals surface area contributed by atoms with Crippen LogP contribution in [0.1, 0.15) is 37.2 Å². The van der Waals surface area contributed by atoms with E-state index in [9.17, 15) is 4.79 Å². The van der Waals surface area contributed by atoms with Gasteiger partial charge in [-0.25, -0.2) is 0 Å². The predicted molar refractivity (Wildman–Crippen MR) is 76.5 cm³/mol. The maximum Gasteiger partial charge on any atom is 0.303 e. The molecule has 0 amide bonds. The van der Waals surface area contributed by atoms with Crippen molar-refractivity contribution < 1.29 is 14.4 Å². The van der Waals surface area contributed by atoms with Crippen LogP contribution < -0.4 is 0 Å². The van der Waals surface area contributed by atoms with E-state index >= 15 is 0 Å². The Hall–Kier alpha value is -0.690. The molecule has 1 fully saturated rings. The Morgan fingerprint density at radius 2 is 2.26 bits per heavy atom. The van der Waals surface area contributed by atoms with Crippen molar-refractivity contribution in [3.63, 3.8) is 0 Å². The molecule has 7 heteroatoms. The van der Waals surface area contributed by atoms with E-state index in [0.29, 0.717) is 17.6 Å². The lowest BCUT2D eigenvalue weighted by atomic mass is 10.0. The average molecular weight is 302 g/mol. The molecule has 0 aromatic carbocycles. The van der Waals surface area contributed by atoms with Gasteiger partial charge < -0.3 is 9.63 Å². The number of carbonyl (C=O) groups is 1. The summed E-state index contributed by atoms with van der Waals surface area (Å²) in [5.74, 6) is 2.80. The van der Waals surface area contributed by atoms with Crippen LogP contribution in [0.3, 0.4) is 0 Å². The predicted octanol–water partition coefficient (Wildman–Crippen LogP) is 2.63. The van der Waals surface area contributed by atoms with Crippen molar-refractivity contribution >= 4 is 29.5 Å². The molecule has 1 N–H and O–H groups in total. The first kappa shape index (κ1) is 14.7. The van der Waals surface area contributed by atoms with Crippen molar-refractivity contribution in [1.82, 2.24) is 10.1 Å². The van der Waals surface area contributed by atoms with Gasteiger partial charge in [0, 0.05) is 29.6 Å². The molecule has 1 aliphatic heterocycles. The molecule has 106 valence electrons. The molecule has 5 nitrogen and oxygen atoms in total. The van der Waals surface area contributed by atoms with Crippen molar-refractivity contribution in [3.05, 3.63) is 11.7 Å². The SMILES string of the molecule is CC(CC(=O)O)Cc1nc(C2SCCSC2C)no1. The molecule has 0 saturated carbocycles. The second kappa shape index (κ2) is 6.65. The Kier molecular flexibility index (Phi) is 5.15. The molecule has 19 heavy (non-hydrogen) atoms. The molecule has 0 bridgehead atoms. The van der Waals surface area contributed by atoms with Gasteiger partial charge in [-0.2, -0.15) is 16.7 Å². The Morgan fingerprint density at radius 1 is 1.53 bits per heavy atom. The third-order valence-electron chi connectivity index (χ3n) is 2.97. The molecular formula is C12H18N2O3S2. The highest BCUT2D eigenvalue weighted by molar-refractivity contribution is 8.06. The van der Waals surface area contributed by atoms with Crippen LogP contribution in [0.5, 0.6) is 0 Å². The quantitative estimate of drug-likeness (QED) is 0.896. The molecule has 1 aromatic heterocycles. The molecule has 1 saturated heterocycles. The highest BCUT2D eigenvalue weighted by Crippen LogP contribution is 2.41. The lowest BCUT2D eigenvalue weighted by Crippen LogP contribution is -2.17. The van der Waals surface area contributed by atoms with Crippen molar-refractivity contribution in [2.75, 3.05) is 11.5 Å². The van der Waals surface area contributed by atoms with E-state index in [1.807, 2.05) is 30.4 Å². The number of rotatable bonds is 5. The minimum atomic E-state index is -0.792. The first-order valence-electron chi connectivity index (χ1n) is 6.33. The molecule has 1 aliphatic rings. The second-order valence-electron chi connectivity index (χ2n) is 4.82. The number of aliphatic carboxylic acids is 1. The number of hydrogen-bond acceptors (Lipinski definition) is 6. The topological polar surface area (TPSA) is 76.2 Å². The summed E-state index contributed by atoms with van der Waals surface area (Å²) in [6, 6.07) is 0. The molecular weight excluding hydrogens is 284 g/mol. The maximum atomic E-state index is 10.6. The summed E-state index contributed by atoms with van der Waals surface area (Å²) < 4.78 is 5.24. The van der Waals surface area contributed by atoms with Crippen LogP contribution in [0.15, 0.2) is 4.52 Å². The number of aromatic nitrogens is 2. The number of carboxylic acids is 1. The minimum Gasteiger partial charge on any atom is -0.481 e. The van der Waals surface area contributed by atoms with Gasteiger partial charge in [0.25, 0.3) is 0 Å². The largest absolute Gasteiger partial charge is 0.481 e. The van der Waals surface area contributed by atoms with E-state index < -0.39 is 5.97 Å². The first-order chi connectivity index (χ1) is 9.06. The minimum absolute atomic E-state index is 0.0107. The average Bonchev–Trinajstić information content (AvgIpc) is 2.76. The monoisotopic (exact) mass is 302 g/mol. The first-order valence-corrected chi connectivity index (χ1v) is 8.43. The van der Waals surface area contributed by atoms with Gasteiger partial charge in [-0.3, -0.25) is 4.79 Å². The summed E-state index contributed by atoms with van der Waals surface area (Å²) in [6.07, 6.45) is 0.653. The fraction of sp³-hybridized carbons (Fsp3) is 0.750. The van der Waals surface area contributed by atoms with Gasteiger partial charge in [0.05, 0.1) is 5.25 Å². The number of thioether (sulfide) groups is 2. The van der Waals surface area contributed by atoms with Crippen molar-refractivity contribution in [1.29, 1.82) is 0 Å². The second-order valence-corrected chi connectivity index (χ2v) is 7.56. The molecule has 2 heterocycles. The van der Waals surface area contributed by atoms with E-state index in [1.54, 1.807) is 0 Å². The summed E-state index contributed by atoms with van der Waals surface area (Å²) >= 11 is 3.80. The van der Waals surface area contributed by atoms with E-state index in [-0.39, 0.29) is 17.6 Å². The van der Waals surface area contributed by atoms with Crippen molar-refractivity contribution in [2.24, 2.45) is 5.92 Å². The molecule has 2 rings (SSSR count). The zero-order chi connectivity index (χ0) is 13.8. The van der Waals surface area contributed by atoms with Gasteiger partial charge in [-0.05, 0) is 5.92 Å². The van der Waals surface area contributed by atoms with Crippen LogP contribution in [0.25, 0.3) is 0 Å². The van der Waals surface area contributed by atoms with Gasteiger partial charge in [0.2, 0.25) is 5.89 Å².